The number of hydrogen-bond donors (Lipinski definition) is 0. The lowest BCUT2D eigenvalue weighted by Crippen LogP contribution is -2.00. The summed E-state index contributed by atoms with van der Waals surface area (Å²) in [6, 6.07) is 0. The third-order valence-corrected chi connectivity index (χ3v) is 3.21. The lowest BCUT2D eigenvalue weighted by Gasteiger charge is -2.13. The zero-order valence-corrected chi connectivity index (χ0v) is 6.68. The van der Waals surface area contributed by atoms with Crippen LogP contribution >= 0.6 is 0 Å². The van der Waals surface area contributed by atoms with Crippen LogP contribution in [0.25, 0.3) is 0 Å². The van der Waals surface area contributed by atoms with Gasteiger partial charge in [0.05, 0.1) is 0 Å². The van der Waals surface area contributed by atoms with Gasteiger partial charge in [0.1, 0.15) is 0 Å². The molecule has 0 aromatic heterocycles. The summed E-state index contributed by atoms with van der Waals surface area (Å²) in [5.41, 5.74) is 0. The zero-order valence-electron chi connectivity index (χ0n) is 6.68. The van der Waals surface area contributed by atoms with Gasteiger partial charge in [-0.3, -0.25) is 0 Å². The molecule has 10 heavy (non-hydrogen) atoms. The maximum absolute atomic E-state index is 2.54. The van der Waals surface area contributed by atoms with Gasteiger partial charge in [0.15, 0.2) is 0 Å². The van der Waals surface area contributed by atoms with Gasteiger partial charge in [0, 0.05) is 0 Å². The summed E-state index contributed by atoms with van der Waals surface area (Å²) in [7, 11) is 0. The number of rotatable bonds is 0. The monoisotopic (exact) mass is 137 g/mol. The molecule has 2 rings (SSSR count). The van der Waals surface area contributed by atoms with Crippen LogP contribution in [0, 0.1) is 18.3 Å². The van der Waals surface area contributed by atoms with Crippen LogP contribution in [0.4, 0.5) is 0 Å². The minimum absolute atomic E-state index is 1.08. The average molecular weight is 137 g/mol. The lowest BCUT2D eigenvalue weighted by atomic mass is 9.92. The SMILES string of the molecule is [CH]1CC2CCCC(C1)CC2. The molecule has 0 saturated heterocycles. The Kier molecular flexibility index (Phi) is 1.97. The van der Waals surface area contributed by atoms with E-state index in [9.17, 15) is 0 Å². The summed E-state index contributed by atoms with van der Waals surface area (Å²) in [6.07, 6.45) is 13.0. The highest BCUT2D eigenvalue weighted by Gasteiger charge is 2.22. The number of fused-ring (bicyclic) bond motifs is 3. The highest BCUT2D eigenvalue weighted by Crippen LogP contribution is 2.36. The molecule has 2 aliphatic carbocycles. The molecule has 0 spiro atoms. The van der Waals surface area contributed by atoms with Crippen LogP contribution < -0.4 is 0 Å². The standard InChI is InChI=1S/C10H17/c1-3-9-5-2-6-10(4-1)8-7-9/h1,9-10H,2-8H2. The van der Waals surface area contributed by atoms with E-state index in [4.69, 9.17) is 0 Å². The molecular weight excluding hydrogens is 120 g/mol. The van der Waals surface area contributed by atoms with E-state index in [1.54, 1.807) is 0 Å². The average Bonchev–Trinajstić information content (AvgIpc) is 2.17. The fraction of sp³-hybridized carbons (Fsp3) is 0.900. The summed E-state index contributed by atoms with van der Waals surface area (Å²) in [5.74, 6) is 2.15. The van der Waals surface area contributed by atoms with Crippen LogP contribution in [-0.4, -0.2) is 0 Å². The quantitative estimate of drug-likeness (QED) is 0.481. The smallest absolute Gasteiger partial charge is 0.0380 e. The summed E-state index contributed by atoms with van der Waals surface area (Å²) < 4.78 is 0. The van der Waals surface area contributed by atoms with E-state index < -0.39 is 0 Å². The molecule has 2 atom stereocenters. The van der Waals surface area contributed by atoms with Crippen molar-refractivity contribution in [2.24, 2.45) is 11.8 Å². The Morgan fingerprint density at radius 1 is 0.800 bits per heavy atom. The van der Waals surface area contributed by atoms with Crippen molar-refractivity contribution in [2.75, 3.05) is 0 Å². The third-order valence-electron chi connectivity index (χ3n) is 3.21. The van der Waals surface area contributed by atoms with Gasteiger partial charge in [-0.25, -0.2) is 0 Å². The van der Waals surface area contributed by atoms with E-state index >= 15 is 0 Å². The minimum atomic E-state index is 1.08. The molecule has 0 N–H and O–H groups in total. The van der Waals surface area contributed by atoms with Gasteiger partial charge in [-0.2, -0.15) is 0 Å². The van der Waals surface area contributed by atoms with Crippen LogP contribution in [0.5, 0.6) is 0 Å². The first-order chi connectivity index (χ1) is 4.95. The molecule has 0 nitrogen and oxygen atoms in total. The Morgan fingerprint density at radius 3 is 2.00 bits per heavy atom. The first kappa shape index (κ1) is 6.69. The molecule has 2 bridgehead atoms. The van der Waals surface area contributed by atoms with E-state index in [-0.39, 0.29) is 0 Å². The van der Waals surface area contributed by atoms with Gasteiger partial charge in [-0.1, -0.05) is 32.1 Å². The normalized spacial score (nSPS) is 40.8. The fourth-order valence-electron chi connectivity index (χ4n) is 2.49. The second-order valence-corrected chi connectivity index (χ2v) is 4.00. The molecule has 0 aromatic rings. The second kappa shape index (κ2) is 2.94. The maximum atomic E-state index is 2.54. The van der Waals surface area contributed by atoms with Gasteiger partial charge in [-0.15, -0.1) is 0 Å². The molecule has 0 amide bonds. The summed E-state index contributed by atoms with van der Waals surface area (Å²) in [5, 5.41) is 0. The summed E-state index contributed by atoms with van der Waals surface area (Å²) in [6.45, 7) is 0. The first-order valence-corrected chi connectivity index (χ1v) is 4.77. The van der Waals surface area contributed by atoms with E-state index in [1.165, 1.54) is 44.9 Å². The van der Waals surface area contributed by atoms with Crippen LogP contribution in [0.2, 0.25) is 0 Å². The van der Waals surface area contributed by atoms with E-state index in [2.05, 4.69) is 6.42 Å². The molecule has 2 fully saturated rings. The van der Waals surface area contributed by atoms with E-state index in [0.29, 0.717) is 0 Å². The van der Waals surface area contributed by atoms with Crippen molar-refractivity contribution in [1.29, 1.82) is 0 Å². The van der Waals surface area contributed by atoms with Crippen LogP contribution in [-0.2, 0) is 0 Å². The van der Waals surface area contributed by atoms with Crippen molar-refractivity contribution in [3.63, 3.8) is 0 Å². The zero-order chi connectivity index (χ0) is 6.81. The Bertz CT molecular complexity index is 84.6. The predicted octanol–water partition coefficient (Wildman–Crippen LogP) is 3.18. The van der Waals surface area contributed by atoms with Crippen molar-refractivity contribution in [3.05, 3.63) is 6.42 Å². The van der Waals surface area contributed by atoms with Gasteiger partial charge in [0.2, 0.25) is 0 Å². The van der Waals surface area contributed by atoms with Gasteiger partial charge in [0.25, 0.3) is 0 Å². The van der Waals surface area contributed by atoms with Crippen LogP contribution in [0.15, 0.2) is 0 Å². The Morgan fingerprint density at radius 2 is 1.40 bits per heavy atom. The Balaban J connectivity index is 2.01. The molecule has 57 valence electrons. The molecule has 0 heteroatoms. The molecule has 2 saturated carbocycles. The Hall–Kier alpha value is 0. The van der Waals surface area contributed by atoms with Crippen molar-refractivity contribution in [1.82, 2.24) is 0 Å². The highest BCUT2D eigenvalue weighted by atomic mass is 14.3. The lowest BCUT2D eigenvalue weighted by molar-refractivity contribution is 0.445. The van der Waals surface area contributed by atoms with Crippen LogP contribution in [0.1, 0.15) is 44.9 Å². The maximum Gasteiger partial charge on any atom is -0.0380 e. The number of hydrogen-bond acceptors (Lipinski definition) is 0. The van der Waals surface area contributed by atoms with E-state index in [1.807, 2.05) is 0 Å². The highest BCUT2D eigenvalue weighted by molar-refractivity contribution is 4.83. The molecule has 2 aliphatic rings. The van der Waals surface area contributed by atoms with Gasteiger partial charge >= 0.3 is 0 Å². The molecule has 0 aliphatic heterocycles. The van der Waals surface area contributed by atoms with Crippen molar-refractivity contribution in [2.45, 2.75) is 44.9 Å². The van der Waals surface area contributed by atoms with Gasteiger partial charge < -0.3 is 0 Å². The Labute approximate surface area is 64.0 Å². The third kappa shape index (κ3) is 1.36. The molecule has 0 heterocycles. The molecule has 1 radical (unpaired) electrons. The predicted molar refractivity (Wildman–Crippen MR) is 43.6 cm³/mol. The fourth-order valence-corrected chi connectivity index (χ4v) is 2.49. The van der Waals surface area contributed by atoms with Crippen molar-refractivity contribution < 1.29 is 0 Å². The largest absolute Gasteiger partial charge is 0.0528 e. The van der Waals surface area contributed by atoms with E-state index in [0.717, 1.165) is 11.8 Å². The minimum Gasteiger partial charge on any atom is -0.0528 e. The molecular formula is C10H17. The van der Waals surface area contributed by atoms with Crippen LogP contribution in [0.3, 0.4) is 0 Å². The summed E-state index contributed by atoms with van der Waals surface area (Å²) >= 11 is 0. The second-order valence-electron chi connectivity index (χ2n) is 4.00. The van der Waals surface area contributed by atoms with Gasteiger partial charge in [-0.05, 0) is 31.1 Å². The summed E-state index contributed by atoms with van der Waals surface area (Å²) in [4.78, 5) is 0. The van der Waals surface area contributed by atoms with Crippen molar-refractivity contribution in [3.8, 4) is 0 Å². The first-order valence-electron chi connectivity index (χ1n) is 4.77. The molecule has 0 aromatic carbocycles. The topological polar surface area (TPSA) is 0 Å². The van der Waals surface area contributed by atoms with Crippen molar-refractivity contribution >= 4 is 0 Å². The molecule has 2 unspecified atom stereocenters.